The lowest BCUT2D eigenvalue weighted by Gasteiger charge is -2.40. The normalized spacial score (nSPS) is 26.1. The summed E-state index contributed by atoms with van der Waals surface area (Å²) >= 11 is 1.58. The Morgan fingerprint density at radius 3 is 2.51 bits per heavy atom. The number of benzene rings is 3. The lowest BCUT2D eigenvalue weighted by atomic mass is 9.79. The number of likely N-dealkylation sites (tertiary alicyclic amines) is 2. The summed E-state index contributed by atoms with van der Waals surface area (Å²) in [6.45, 7) is 14.9. The number of thiazole rings is 1. The molecule has 7 aromatic rings. The number of carbonyl (C=O) groups excluding carboxylic acids is 2. The van der Waals surface area contributed by atoms with E-state index in [4.69, 9.17) is 28.9 Å². The number of rotatable bonds is 16. The van der Waals surface area contributed by atoms with Gasteiger partial charge in [0.1, 0.15) is 42.4 Å². The van der Waals surface area contributed by atoms with E-state index in [1.165, 1.54) is 10.5 Å². The van der Waals surface area contributed by atoms with Gasteiger partial charge in [-0.2, -0.15) is 9.97 Å². The standard InChI is InChI=1S/C65H76FN11O7S/c1-36(2)54(62(81)76-32-47(79)26-51(76)61(80)69-38(4)40-10-12-41(13-11-40)59-39(5)68-35-85-59)52-27-53(73-84-52)82-33-64(66)19-22-74(23-20-64)31-45-16-18-65(17-7-21-77(45)65)34-83-63-71-58-50(60(72-63)75-29-43-14-15-44(30-75)70-43)28-67-57-49-25-46(78)24-42-8-6-9-48(56(42)49)37(3)55(57)58/h6,8-13,24-25,27-28,35-38,43-45,47,51,54,70,78-79H,7,14-23,26,29-34H2,1-5H3,(H,69,80)/t37?,38-,43?,44?,45-,47+,51-,54+,65-/m0/s1. The van der Waals surface area contributed by atoms with Crippen LogP contribution in [0.3, 0.4) is 0 Å². The number of aromatic hydroxyl groups is 1. The molecule has 4 N–H and O–H groups in total. The number of hydrogen-bond acceptors (Lipinski definition) is 17. The van der Waals surface area contributed by atoms with Gasteiger partial charge in [0.05, 0.1) is 50.4 Å². The number of phenols is 1. The first kappa shape index (κ1) is 56.0. The second kappa shape index (κ2) is 22.1. The molecule has 6 aliphatic heterocycles. The number of hydrogen-bond donors (Lipinski definition) is 4. The molecule has 1 aliphatic carbocycles. The van der Waals surface area contributed by atoms with Gasteiger partial charge in [0.2, 0.25) is 11.8 Å². The summed E-state index contributed by atoms with van der Waals surface area (Å²) in [7, 11) is 0. The van der Waals surface area contributed by atoms with Gasteiger partial charge in [0.25, 0.3) is 5.88 Å². The highest BCUT2D eigenvalue weighted by Gasteiger charge is 2.51. The number of aliphatic hydroxyl groups is 1. The third-order valence-corrected chi connectivity index (χ3v) is 21.0. The quantitative estimate of drug-likeness (QED) is 0.0711. The molecule has 2 bridgehead atoms. The number of anilines is 1. The number of amides is 2. The molecule has 6 fully saturated rings. The van der Waals surface area contributed by atoms with Crippen molar-refractivity contribution in [2.45, 2.75) is 152 Å². The Hall–Kier alpha value is -6.84. The summed E-state index contributed by atoms with van der Waals surface area (Å²) in [5, 5.41) is 35.7. The van der Waals surface area contributed by atoms with Gasteiger partial charge in [-0.1, -0.05) is 63.2 Å². The average molecular weight is 1170 g/mol. The molecular formula is C65H76FN11O7S. The number of nitrogens with one attached hydrogen (secondary N) is 2. The van der Waals surface area contributed by atoms with Crippen LogP contribution in [-0.4, -0.2) is 162 Å². The maximum Gasteiger partial charge on any atom is 0.319 e. The van der Waals surface area contributed by atoms with Crippen molar-refractivity contribution in [3.63, 3.8) is 0 Å². The first-order valence-electron chi connectivity index (χ1n) is 30.7. The highest BCUT2D eigenvalue weighted by molar-refractivity contribution is 7.13. The minimum absolute atomic E-state index is 0.00418. The third kappa shape index (κ3) is 10.4. The zero-order valence-corrected chi connectivity index (χ0v) is 49.9. The fourth-order valence-electron chi connectivity index (χ4n) is 15.5. The van der Waals surface area contributed by atoms with Crippen molar-refractivity contribution in [1.29, 1.82) is 0 Å². The Labute approximate surface area is 498 Å². The SMILES string of the molecule is Cc1ncsc1-c1ccc([C@H](C)NC(=O)[C@@H]2C[C@@H](O)CN2C(=O)[C@@H](c2cc(OCC3(F)CCN(C[C@@H]4CC[C@]5(COc6nc(N7CC8CCC(C7)N8)c7cnc8c(c7n6)C(C)c6cccc7cc(O)cc-8c67)CCCN45)CC3)no2)C(C)C)cc1. The van der Waals surface area contributed by atoms with Crippen LogP contribution in [0.1, 0.15) is 132 Å². The van der Waals surface area contributed by atoms with Crippen LogP contribution in [0.15, 0.2) is 76.9 Å². The van der Waals surface area contributed by atoms with E-state index >= 15 is 4.39 Å². The number of ether oxygens (including phenoxy) is 2. The summed E-state index contributed by atoms with van der Waals surface area (Å²) in [5.74, 6) is -0.336. The number of aryl methyl sites for hydroxylation is 1. The molecule has 4 aromatic heterocycles. The number of halogens is 1. The van der Waals surface area contributed by atoms with Gasteiger partial charge in [-0.25, -0.2) is 9.37 Å². The molecule has 3 unspecified atom stereocenters. The lowest BCUT2D eigenvalue weighted by molar-refractivity contribution is -0.141. The minimum Gasteiger partial charge on any atom is -0.508 e. The Balaban J connectivity index is 0.605. The molecule has 10 heterocycles. The summed E-state index contributed by atoms with van der Waals surface area (Å²) in [6.07, 6.45) is 8.19. The number of fused-ring (bicyclic) bond motifs is 7. The van der Waals surface area contributed by atoms with E-state index in [0.29, 0.717) is 56.7 Å². The Morgan fingerprint density at radius 2 is 1.74 bits per heavy atom. The summed E-state index contributed by atoms with van der Waals surface area (Å²) in [4.78, 5) is 58.4. The number of phenolic OH excluding ortho intramolecular Hbond substituents is 1. The van der Waals surface area contributed by atoms with Crippen LogP contribution in [0.5, 0.6) is 17.6 Å². The summed E-state index contributed by atoms with van der Waals surface area (Å²) in [5.41, 5.74) is 7.85. The minimum atomic E-state index is -1.58. The topological polar surface area (TPSA) is 208 Å². The Kier molecular flexibility index (Phi) is 14.6. The maximum atomic E-state index is 16.7. The van der Waals surface area contributed by atoms with Gasteiger partial charge < -0.3 is 49.5 Å². The molecule has 0 saturated carbocycles. The monoisotopic (exact) mass is 1170 g/mol. The predicted molar refractivity (Wildman–Crippen MR) is 323 cm³/mol. The lowest BCUT2D eigenvalue weighted by Crippen LogP contribution is -2.52. The molecule has 0 radical (unpaired) electrons. The molecule has 3 aromatic carbocycles. The first-order valence-corrected chi connectivity index (χ1v) is 31.6. The molecule has 2 amide bonds. The fourth-order valence-corrected chi connectivity index (χ4v) is 16.3. The van der Waals surface area contributed by atoms with Crippen LogP contribution in [0.2, 0.25) is 0 Å². The molecule has 20 heteroatoms. The number of β-amino-alcohol motifs (C(OH)–C–C–N with tert-alkyl or cyclic N) is 1. The summed E-state index contributed by atoms with van der Waals surface area (Å²) in [6, 6.07) is 19.8. The van der Waals surface area contributed by atoms with E-state index < -0.39 is 23.7 Å². The zero-order chi connectivity index (χ0) is 58.5. The van der Waals surface area contributed by atoms with E-state index in [9.17, 15) is 19.8 Å². The molecule has 0 spiro atoms. The number of nitrogens with zero attached hydrogens (tertiary/aromatic N) is 9. The molecule has 9 atom stereocenters. The van der Waals surface area contributed by atoms with Crippen molar-refractivity contribution in [1.82, 2.24) is 50.4 Å². The van der Waals surface area contributed by atoms with Crippen molar-refractivity contribution >= 4 is 50.6 Å². The number of aliphatic hydroxyl groups excluding tert-OH is 1. The van der Waals surface area contributed by atoms with E-state index in [1.807, 2.05) is 75.8 Å². The largest absolute Gasteiger partial charge is 0.508 e. The molecular weight excluding hydrogens is 1100 g/mol. The van der Waals surface area contributed by atoms with E-state index in [2.05, 4.69) is 60.6 Å². The van der Waals surface area contributed by atoms with Gasteiger partial charge >= 0.3 is 6.01 Å². The van der Waals surface area contributed by atoms with E-state index in [0.717, 1.165) is 131 Å². The van der Waals surface area contributed by atoms with Gasteiger partial charge in [-0.05, 0) is 122 Å². The predicted octanol–water partition coefficient (Wildman–Crippen LogP) is 9.21. The van der Waals surface area contributed by atoms with Gasteiger partial charge in [0, 0.05) is 93.1 Å². The van der Waals surface area contributed by atoms with E-state index in [1.54, 1.807) is 17.4 Å². The molecule has 18 nitrogen and oxygen atoms in total. The fraction of sp³-hybridized carbons (Fsp3) is 0.523. The number of carbonyl (C=O) groups is 2. The van der Waals surface area contributed by atoms with Crippen LogP contribution in [0.4, 0.5) is 10.2 Å². The van der Waals surface area contributed by atoms with E-state index in [-0.39, 0.29) is 72.2 Å². The van der Waals surface area contributed by atoms with Crippen LogP contribution in [-0.2, 0) is 9.59 Å². The van der Waals surface area contributed by atoms with Gasteiger partial charge in [-0.3, -0.25) is 19.5 Å². The number of pyridine rings is 1. The van der Waals surface area contributed by atoms with Crippen molar-refractivity contribution < 1.29 is 38.2 Å². The van der Waals surface area contributed by atoms with Crippen LogP contribution >= 0.6 is 11.3 Å². The average Bonchev–Trinajstić information content (AvgIpc) is 1.66. The van der Waals surface area contributed by atoms with Gasteiger partial charge in [0.15, 0.2) is 5.76 Å². The van der Waals surface area contributed by atoms with Crippen molar-refractivity contribution in [3.8, 4) is 39.3 Å². The second-order valence-corrected chi connectivity index (χ2v) is 26.7. The molecule has 14 rings (SSSR count). The van der Waals surface area contributed by atoms with Crippen LogP contribution < -0.4 is 25.0 Å². The molecule has 446 valence electrons. The van der Waals surface area contributed by atoms with Crippen molar-refractivity contribution in [3.05, 3.63) is 101 Å². The molecule has 7 aliphatic rings. The first-order chi connectivity index (χ1) is 41.1. The highest BCUT2D eigenvalue weighted by atomic mass is 32.1. The van der Waals surface area contributed by atoms with Gasteiger partial charge in [-0.15, -0.1) is 11.3 Å². The number of piperidine rings is 1. The Morgan fingerprint density at radius 1 is 0.941 bits per heavy atom. The molecule has 6 saturated heterocycles. The third-order valence-electron chi connectivity index (χ3n) is 20.0. The molecule has 85 heavy (non-hydrogen) atoms. The number of piperazine rings is 1. The maximum absolute atomic E-state index is 16.7. The Bertz CT molecular complexity index is 3670. The zero-order valence-electron chi connectivity index (χ0n) is 49.1. The summed E-state index contributed by atoms with van der Waals surface area (Å²) < 4.78 is 35.4. The second-order valence-electron chi connectivity index (χ2n) is 25.9. The van der Waals surface area contributed by atoms with Crippen LogP contribution in [0.25, 0.3) is 43.4 Å². The van der Waals surface area contributed by atoms with Crippen molar-refractivity contribution in [2.24, 2.45) is 5.92 Å². The smallest absolute Gasteiger partial charge is 0.319 e. The number of alkyl halides is 1. The van der Waals surface area contributed by atoms with Crippen LogP contribution in [0, 0.1) is 12.8 Å². The number of aromatic nitrogens is 5. The van der Waals surface area contributed by atoms with Crippen molar-refractivity contribution in [2.75, 3.05) is 63.9 Å². The highest BCUT2D eigenvalue weighted by Crippen LogP contribution is 2.50.